The standard InChI is InChI=1S/C14H12ClF2N/c15-18(9-11-1-5-13(16)6-2-11)10-12-3-7-14(17)8-4-12/h1-8H,9-10H2. The summed E-state index contributed by atoms with van der Waals surface area (Å²) in [6, 6.07) is 12.4. The third-order valence-electron chi connectivity index (χ3n) is 2.53. The SMILES string of the molecule is Fc1ccc(CN(Cl)Cc2ccc(F)cc2)cc1. The molecule has 0 N–H and O–H groups in total. The minimum absolute atomic E-state index is 0.265. The maximum atomic E-state index is 12.7. The average molecular weight is 268 g/mol. The molecule has 0 atom stereocenters. The van der Waals surface area contributed by atoms with Crippen molar-refractivity contribution >= 4 is 11.8 Å². The number of hydrogen-bond donors (Lipinski definition) is 0. The fourth-order valence-corrected chi connectivity index (χ4v) is 1.91. The zero-order chi connectivity index (χ0) is 13.0. The second-order valence-electron chi connectivity index (χ2n) is 4.03. The smallest absolute Gasteiger partial charge is 0.123 e. The first kappa shape index (κ1) is 13.0. The lowest BCUT2D eigenvalue weighted by Crippen LogP contribution is -2.11. The summed E-state index contributed by atoms with van der Waals surface area (Å²) in [7, 11) is 0. The number of halogens is 3. The van der Waals surface area contributed by atoms with Crippen LogP contribution in [0.3, 0.4) is 0 Å². The fraction of sp³-hybridized carbons (Fsp3) is 0.143. The Balaban J connectivity index is 1.94. The summed E-state index contributed by atoms with van der Waals surface area (Å²) >= 11 is 6.08. The van der Waals surface area contributed by atoms with Crippen LogP contribution in [-0.4, -0.2) is 4.42 Å². The average Bonchev–Trinajstić information content (AvgIpc) is 2.35. The highest BCUT2D eigenvalue weighted by molar-refractivity contribution is 6.13. The van der Waals surface area contributed by atoms with Crippen LogP contribution in [0.15, 0.2) is 48.5 Å². The first-order valence-corrected chi connectivity index (χ1v) is 5.87. The van der Waals surface area contributed by atoms with Crippen LogP contribution in [0, 0.1) is 11.6 Å². The van der Waals surface area contributed by atoms with E-state index in [0.717, 1.165) is 11.1 Å². The Hall–Kier alpha value is -1.45. The van der Waals surface area contributed by atoms with Crippen LogP contribution in [0.2, 0.25) is 0 Å². The van der Waals surface area contributed by atoms with Crippen LogP contribution in [0.4, 0.5) is 8.78 Å². The summed E-state index contributed by atoms with van der Waals surface area (Å²) in [5.74, 6) is -0.531. The van der Waals surface area contributed by atoms with Gasteiger partial charge in [-0.15, -0.1) is 0 Å². The molecular formula is C14H12ClF2N. The highest BCUT2D eigenvalue weighted by atomic mass is 35.5. The minimum atomic E-state index is -0.265. The molecule has 0 amide bonds. The summed E-state index contributed by atoms with van der Waals surface area (Å²) in [5, 5.41) is 0. The van der Waals surface area contributed by atoms with Crippen molar-refractivity contribution in [2.75, 3.05) is 0 Å². The molecular weight excluding hydrogens is 256 g/mol. The molecule has 0 bridgehead atoms. The van der Waals surface area contributed by atoms with Gasteiger partial charge in [0, 0.05) is 13.1 Å². The molecule has 0 fully saturated rings. The summed E-state index contributed by atoms with van der Waals surface area (Å²) in [5.41, 5.74) is 1.85. The van der Waals surface area contributed by atoms with E-state index >= 15 is 0 Å². The van der Waals surface area contributed by atoms with Gasteiger partial charge in [-0.2, -0.15) is 0 Å². The van der Waals surface area contributed by atoms with Crippen LogP contribution in [-0.2, 0) is 13.1 Å². The van der Waals surface area contributed by atoms with Crippen LogP contribution >= 0.6 is 11.8 Å². The summed E-state index contributed by atoms with van der Waals surface area (Å²) in [4.78, 5) is 0. The van der Waals surface area contributed by atoms with Gasteiger partial charge in [-0.25, -0.2) is 13.2 Å². The number of nitrogens with zero attached hydrogens (tertiary/aromatic N) is 1. The summed E-state index contributed by atoms with van der Waals surface area (Å²) in [6.07, 6.45) is 0. The van der Waals surface area contributed by atoms with E-state index in [-0.39, 0.29) is 11.6 Å². The minimum Gasteiger partial charge on any atom is -0.211 e. The van der Waals surface area contributed by atoms with Crippen molar-refractivity contribution in [3.05, 3.63) is 71.3 Å². The van der Waals surface area contributed by atoms with Crippen molar-refractivity contribution in [1.82, 2.24) is 4.42 Å². The Kier molecular flexibility index (Phi) is 4.28. The molecule has 0 aromatic heterocycles. The number of hydrogen-bond acceptors (Lipinski definition) is 1. The zero-order valence-corrected chi connectivity index (χ0v) is 10.4. The topological polar surface area (TPSA) is 3.24 Å². The molecule has 0 saturated carbocycles. The summed E-state index contributed by atoms with van der Waals surface area (Å²) in [6.45, 7) is 0.998. The predicted molar refractivity (Wildman–Crippen MR) is 67.9 cm³/mol. The van der Waals surface area contributed by atoms with E-state index < -0.39 is 0 Å². The van der Waals surface area contributed by atoms with E-state index in [9.17, 15) is 8.78 Å². The molecule has 4 heteroatoms. The molecule has 0 spiro atoms. The van der Waals surface area contributed by atoms with E-state index in [2.05, 4.69) is 0 Å². The van der Waals surface area contributed by atoms with Gasteiger partial charge in [0.05, 0.1) is 0 Å². The van der Waals surface area contributed by atoms with Crippen molar-refractivity contribution in [1.29, 1.82) is 0 Å². The molecule has 0 aliphatic rings. The Morgan fingerprint density at radius 3 is 1.39 bits per heavy atom. The molecule has 18 heavy (non-hydrogen) atoms. The van der Waals surface area contributed by atoms with Crippen molar-refractivity contribution in [2.24, 2.45) is 0 Å². The predicted octanol–water partition coefficient (Wildman–Crippen LogP) is 4.12. The van der Waals surface area contributed by atoms with E-state index in [1.807, 2.05) is 0 Å². The lowest BCUT2D eigenvalue weighted by atomic mass is 10.2. The maximum Gasteiger partial charge on any atom is 0.123 e. The van der Waals surface area contributed by atoms with Gasteiger partial charge < -0.3 is 0 Å². The highest BCUT2D eigenvalue weighted by Gasteiger charge is 2.04. The Morgan fingerprint density at radius 1 is 0.722 bits per heavy atom. The lowest BCUT2D eigenvalue weighted by molar-refractivity contribution is 0.444. The van der Waals surface area contributed by atoms with Crippen molar-refractivity contribution in [3.63, 3.8) is 0 Å². The van der Waals surface area contributed by atoms with Gasteiger partial charge in [0.15, 0.2) is 0 Å². The Morgan fingerprint density at radius 2 is 1.06 bits per heavy atom. The first-order valence-electron chi connectivity index (χ1n) is 5.53. The van der Waals surface area contributed by atoms with E-state index in [4.69, 9.17) is 11.8 Å². The zero-order valence-electron chi connectivity index (χ0n) is 9.61. The Bertz CT molecular complexity index is 449. The molecule has 0 heterocycles. The van der Waals surface area contributed by atoms with Crippen LogP contribution in [0.1, 0.15) is 11.1 Å². The second kappa shape index (κ2) is 5.94. The van der Waals surface area contributed by atoms with Crippen LogP contribution in [0.25, 0.3) is 0 Å². The quantitative estimate of drug-likeness (QED) is 0.753. The number of benzene rings is 2. The monoisotopic (exact) mass is 267 g/mol. The molecule has 2 aromatic carbocycles. The van der Waals surface area contributed by atoms with Crippen LogP contribution in [0.5, 0.6) is 0 Å². The van der Waals surface area contributed by atoms with E-state index in [1.165, 1.54) is 24.3 Å². The molecule has 2 aromatic rings. The van der Waals surface area contributed by atoms with Crippen LogP contribution < -0.4 is 0 Å². The Labute approximate surface area is 110 Å². The van der Waals surface area contributed by atoms with Gasteiger partial charge in [-0.05, 0) is 47.2 Å². The van der Waals surface area contributed by atoms with Gasteiger partial charge in [-0.3, -0.25) is 0 Å². The van der Waals surface area contributed by atoms with Gasteiger partial charge in [-0.1, -0.05) is 24.3 Å². The largest absolute Gasteiger partial charge is 0.211 e. The molecule has 0 aliphatic carbocycles. The third-order valence-corrected chi connectivity index (χ3v) is 2.77. The maximum absolute atomic E-state index is 12.7. The molecule has 0 saturated heterocycles. The summed E-state index contributed by atoms with van der Waals surface area (Å²) < 4.78 is 27.0. The number of rotatable bonds is 4. The van der Waals surface area contributed by atoms with Gasteiger partial charge in [0.1, 0.15) is 11.6 Å². The normalized spacial score (nSPS) is 10.9. The highest BCUT2D eigenvalue weighted by Crippen LogP contribution is 2.13. The molecule has 1 nitrogen and oxygen atoms in total. The van der Waals surface area contributed by atoms with Gasteiger partial charge in [0.25, 0.3) is 0 Å². The first-order chi connectivity index (χ1) is 8.63. The van der Waals surface area contributed by atoms with Crippen molar-refractivity contribution < 1.29 is 8.78 Å². The van der Waals surface area contributed by atoms with E-state index in [0.29, 0.717) is 13.1 Å². The molecule has 0 unspecified atom stereocenters. The third kappa shape index (κ3) is 3.79. The van der Waals surface area contributed by atoms with Crippen molar-refractivity contribution in [2.45, 2.75) is 13.1 Å². The molecule has 94 valence electrons. The fourth-order valence-electron chi connectivity index (χ4n) is 1.63. The molecule has 0 radical (unpaired) electrons. The second-order valence-corrected chi connectivity index (χ2v) is 4.51. The lowest BCUT2D eigenvalue weighted by Gasteiger charge is -2.13. The van der Waals surface area contributed by atoms with E-state index in [1.54, 1.807) is 28.7 Å². The van der Waals surface area contributed by atoms with Crippen molar-refractivity contribution in [3.8, 4) is 0 Å². The molecule has 2 rings (SSSR count). The van der Waals surface area contributed by atoms with Gasteiger partial charge in [0.2, 0.25) is 0 Å². The molecule has 0 aliphatic heterocycles. The van der Waals surface area contributed by atoms with Gasteiger partial charge >= 0.3 is 0 Å².